The number of hydrogen-bond donors (Lipinski definition) is 0. The van der Waals surface area contributed by atoms with E-state index in [1.165, 1.54) is 23.2 Å². The van der Waals surface area contributed by atoms with Crippen molar-refractivity contribution in [1.82, 2.24) is 0 Å². The van der Waals surface area contributed by atoms with Crippen LogP contribution in [-0.4, -0.2) is 31.7 Å². The largest absolute Gasteiger partial charge is 0.416 e. The maximum absolute atomic E-state index is 6.07. The van der Waals surface area contributed by atoms with Gasteiger partial charge in [-0.15, -0.1) is 0 Å². The van der Waals surface area contributed by atoms with Crippen LogP contribution in [0.1, 0.15) is 53.4 Å². The summed E-state index contributed by atoms with van der Waals surface area (Å²) in [6, 6.07) is 8.73. The molecule has 2 unspecified atom stereocenters. The highest BCUT2D eigenvalue weighted by molar-refractivity contribution is 6.61. The molecular formula is C16H30O2Si2. The normalized spacial score (nSPS) is 15.4. The molecule has 0 aliphatic rings. The van der Waals surface area contributed by atoms with Gasteiger partial charge in [0.1, 0.15) is 0 Å². The van der Waals surface area contributed by atoms with Crippen molar-refractivity contribution < 1.29 is 8.85 Å². The fraction of sp³-hybridized carbons (Fsp3) is 0.625. The van der Waals surface area contributed by atoms with Crippen LogP contribution in [-0.2, 0) is 8.85 Å². The highest BCUT2D eigenvalue weighted by Gasteiger charge is 2.08. The molecular weight excluding hydrogens is 280 g/mol. The van der Waals surface area contributed by atoms with E-state index in [0.717, 1.165) is 12.8 Å². The third kappa shape index (κ3) is 6.84. The van der Waals surface area contributed by atoms with Crippen molar-refractivity contribution in [2.75, 3.05) is 0 Å². The van der Waals surface area contributed by atoms with Crippen LogP contribution < -0.4 is 10.4 Å². The summed E-state index contributed by atoms with van der Waals surface area (Å²) >= 11 is 0. The van der Waals surface area contributed by atoms with E-state index in [9.17, 15) is 0 Å². The molecule has 1 aromatic rings. The zero-order valence-electron chi connectivity index (χ0n) is 13.5. The van der Waals surface area contributed by atoms with Crippen LogP contribution in [0, 0.1) is 0 Å². The van der Waals surface area contributed by atoms with Crippen molar-refractivity contribution in [3.63, 3.8) is 0 Å². The molecule has 1 rings (SSSR count). The zero-order valence-corrected chi connectivity index (χ0v) is 16.4. The van der Waals surface area contributed by atoms with Crippen molar-refractivity contribution in [2.45, 2.75) is 65.6 Å². The molecule has 2 nitrogen and oxygen atoms in total. The van der Waals surface area contributed by atoms with E-state index in [-0.39, 0.29) is 0 Å². The van der Waals surface area contributed by atoms with E-state index < -0.39 is 19.5 Å². The first kappa shape index (κ1) is 17.6. The Kier molecular flexibility index (Phi) is 9.10. The Morgan fingerprint density at radius 3 is 1.60 bits per heavy atom. The van der Waals surface area contributed by atoms with Gasteiger partial charge in [0, 0.05) is 12.2 Å². The summed E-state index contributed by atoms with van der Waals surface area (Å²) in [5, 5.41) is 2.90. The minimum atomic E-state index is -0.610. The third-order valence-corrected chi connectivity index (χ3v) is 7.53. The first-order valence-corrected chi connectivity index (χ1v) is 10.5. The fourth-order valence-electron chi connectivity index (χ4n) is 2.28. The number of benzene rings is 1. The highest BCUT2D eigenvalue weighted by Crippen LogP contribution is 2.00. The van der Waals surface area contributed by atoms with Gasteiger partial charge in [-0.05, 0) is 37.1 Å². The van der Waals surface area contributed by atoms with Crippen LogP contribution in [0.5, 0.6) is 0 Å². The van der Waals surface area contributed by atoms with E-state index in [0.29, 0.717) is 12.2 Å². The second kappa shape index (κ2) is 10.3. The van der Waals surface area contributed by atoms with Gasteiger partial charge in [0.25, 0.3) is 0 Å². The molecule has 0 heterocycles. The van der Waals surface area contributed by atoms with Crippen molar-refractivity contribution in [3.8, 4) is 0 Å². The van der Waals surface area contributed by atoms with Gasteiger partial charge in [-0.3, -0.25) is 0 Å². The lowest BCUT2D eigenvalue weighted by Crippen LogP contribution is -2.39. The van der Waals surface area contributed by atoms with Crippen LogP contribution in [0.2, 0.25) is 0 Å². The molecule has 114 valence electrons. The zero-order chi connectivity index (χ0) is 14.8. The fourth-order valence-corrected chi connectivity index (χ4v) is 5.23. The molecule has 0 saturated heterocycles. The van der Waals surface area contributed by atoms with Crippen molar-refractivity contribution >= 4 is 29.9 Å². The molecule has 0 aliphatic heterocycles. The van der Waals surface area contributed by atoms with Gasteiger partial charge in [0.15, 0.2) is 19.5 Å². The van der Waals surface area contributed by atoms with E-state index in [1.807, 2.05) is 0 Å². The molecule has 1 aromatic carbocycles. The van der Waals surface area contributed by atoms with Crippen LogP contribution >= 0.6 is 0 Å². The quantitative estimate of drug-likeness (QED) is 0.610. The summed E-state index contributed by atoms with van der Waals surface area (Å²) in [4.78, 5) is 0. The third-order valence-electron chi connectivity index (χ3n) is 3.56. The molecule has 0 amide bonds. The molecule has 0 aliphatic carbocycles. The Morgan fingerprint density at radius 1 is 0.850 bits per heavy atom. The summed E-state index contributed by atoms with van der Waals surface area (Å²) in [6.45, 7) is 8.81. The monoisotopic (exact) mass is 310 g/mol. The van der Waals surface area contributed by atoms with Gasteiger partial charge in [-0.2, -0.15) is 0 Å². The molecule has 20 heavy (non-hydrogen) atoms. The van der Waals surface area contributed by atoms with Crippen LogP contribution in [0.25, 0.3) is 0 Å². The average Bonchev–Trinajstić information content (AvgIpc) is 2.44. The van der Waals surface area contributed by atoms with Gasteiger partial charge in [0.05, 0.1) is 0 Å². The molecule has 0 spiro atoms. The lowest BCUT2D eigenvalue weighted by atomic mass is 10.2. The predicted octanol–water partition coefficient (Wildman–Crippen LogP) is 1.52. The van der Waals surface area contributed by atoms with Crippen LogP contribution in [0.15, 0.2) is 24.3 Å². The van der Waals surface area contributed by atoms with Gasteiger partial charge in [-0.1, -0.05) is 51.0 Å². The van der Waals surface area contributed by atoms with E-state index in [2.05, 4.69) is 52.0 Å². The van der Waals surface area contributed by atoms with E-state index in [4.69, 9.17) is 8.85 Å². The minimum Gasteiger partial charge on any atom is -0.416 e. The Labute approximate surface area is 129 Å². The van der Waals surface area contributed by atoms with Crippen molar-refractivity contribution in [1.29, 1.82) is 0 Å². The Morgan fingerprint density at radius 2 is 1.25 bits per heavy atom. The molecule has 0 N–H and O–H groups in total. The average molecular weight is 311 g/mol. The molecule has 0 fully saturated rings. The van der Waals surface area contributed by atoms with Gasteiger partial charge >= 0.3 is 0 Å². The molecule has 4 heteroatoms. The number of rotatable bonds is 10. The predicted molar refractivity (Wildman–Crippen MR) is 93.7 cm³/mol. The summed E-state index contributed by atoms with van der Waals surface area (Å²) < 4.78 is 12.1. The van der Waals surface area contributed by atoms with Gasteiger partial charge < -0.3 is 8.85 Å². The Bertz CT molecular complexity index is 336. The summed E-state index contributed by atoms with van der Waals surface area (Å²) in [6.07, 6.45) is 5.53. The standard InChI is InChI=1S/C16H30O2Si2/c1-5-9-13(3)17-19-15-11-7-8-12-16(15)20-18-14(4)10-6-2/h7-8,11-14H,5-6,9-10,19-20H2,1-4H3. The SMILES string of the molecule is CCCC(C)O[SiH2]c1ccccc1[SiH2]OC(C)CCC. The van der Waals surface area contributed by atoms with Gasteiger partial charge in [0.2, 0.25) is 0 Å². The smallest absolute Gasteiger partial charge is 0.192 e. The summed E-state index contributed by atoms with van der Waals surface area (Å²) in [7, 11) is -1.22. The molecule has 0 aromatic heterocycles. The van der Waals surface area contributed by atoms with E-state index in [1.54, 1.807) is 0 Å². The lowest BCUT2D eigenvalue weighted by molar-refractivity contribution is 0.223. The molecule has 0 bridgehead atoms. The second-order valence-corrected chi connectivity index (χ2v) is 8.36. The maximum atomic E-state index is 6.07. The first-order chi connectivity index (χ1) is 9.67. The number of hydrogen-bond acceptors (Lipinski definition) is 2. The highest BCUT2D eigenvalue weighted by atomic mass is 28.2. The van der Waals surface area contributed by atoms with E-state index >= 15 is 0 Å². The maximum Gasteiger partial charge on any atom is 0.192 e. The lowest BCUT2D eigenvalue weighted by Gasteiger charge is -2.16. The molecule has 0 radical (unpaired) electrons. The Balaban J connectivity index is 2.50. The van der Waals surface area contributed by atoms with Gasteiger partial charge in [-0.25, -0.2) is 0 Å². The van der Waals surface area contributed by atoms with Crippen LogP contribution in [0.3, 0.4) is 0 Å². The topological polar surface area (TPSA) is 18.5 Å². The van der Waals surface area contributed by atoms with Crippen molar-refractivity contribution in [3.05, 3.63) is 24.3 Å². The van der Waals surface area contributed by atoms with Crippen molar-refractivity contribution in [2.24, 2.45) is 0 Å². The summed E-state index contributed by atoms with van der Waals surface area (Å²) in [5.74, 6) is 0. The first-order valence-electron chi connectivity index (χ1n) is 7.97. The minimum absolute atomic E-state index is 0.404. The Hall–Kier alpha value is -0.426. The second-order valence-electron chi connectivity index (χ2n) is 5.59. The van der Waals surface area contributed by atoms with Crippen LogP contribution in [0.4, 0.5) is 0 Å². The molecule has 2 atom stereocenters. The molecule has 0 saturated carbocycles. The summed E-state index contributed by atoms with van der Waals surface area (Å²) in [5.41, 5.74) is 0.